The highest BCUT2D eigenvalue weighted by atomic mass is 32.2. The van der Waals surface area contributed by atoms with E-state index < -0.39 is 0 Å². The molecule has 1 aliphatic rings. The molecule has 0 unspecified atom stereocenters. The topological polar surface area (TPSA) is 4.93 Å². The van der Waals surface area contributed by atoms with Gasteiger partial charge in [0.25, 0.3) is 0 Å². The maximum absolute atomic E-state index is 2.42. The van der Waals surface area contributed by atoms with E-state index in [2.05, 4.69) is 168 Å². The highest BCUT2D eigenvalue weighted by molar-refractivity contribution is 7.99. The summed E-state index contributed by atoms with van der Waals surface area (Å²) in [6, 6.07) is 60.2. The molecule has 0 fully saturated rings. The summed E-state index contributed by atoms with van der Waals surface area (Å²) >= 11 is 1.88. The average molecular weight is 602 g/mol. The molecule has 0 atom stereocenters. The minimum atomic E-state index is 1.18. The molecule has 1 aliphatic heterocycles. The van der Waals surface area contributed by atoms with Crippen molar-refractivity contribution in [3.8, 4) is 39.1 Å². The lowest BCUT2D eigenvalue weighted by Gasteiger charge is -2.22. The molecule has 1 aromatic heterocycles. The first-order valence-corrected chi connectivity index (χ1v) is 16.6. The van der Waals surface area contributed by atoms with Crippen LogP contribution in [0.25, 0.3) is 82.4 Å². The van der Waals surface area contributed by atoms with Crippen LogP contribution in [0, 0.1) is 0 Å². The molecule has 0 saturated heterocycles. The molecule has 1 nitrogen and oxygen atoms in total. The van der Waals surface area contributed by atoms with Crippen molar-refractivity contribution < 1.29 is 0 Å². The minimum Gasteiger partial charge on any atom is -0.309 e. The maximum atomic E-state index is 2.42. The Morgan fingerprint density at radius 3 is 2.02 bits per heavy atom. The average Bonchev–Trinajstić information content (AvgIpc) is 3.47. The summed E-state index contributed by atoms with van der Waals surface area (Å²) in [7, 11) is 0. The SMILES string of the molecule is c1ccc(-n2c3ccccc3c3ccc4cc(-c5ccccc5-c5ccc6c7c(cccc57)-c5ccccc5S6)ccc4c32)cc1. The predicted molar refractivity (Wildman–Crippen MR) is 196 cm³/mol. The van der Waals surface area contributed by atoms with Gasteiger partial charge in [-0.2, -0.15) is 0 Å². The summed E-state index contributed by atoms with van der Waals surface area (Å²) in [5.74, 6) is 0. The molecule has 46 heavy (non-hydrogen) atoms. The summed E-state index contributed by atoms with van der Waals surface area (Å²) in [6.07, 6.45) is 0. The van der Waals surface area contributed by atoms with Crippen molar-refractivity contribution in [2.24, 2.45) is 0 Å². The second-order valence-corrected chi connectivity index (χ2v) is 13.2. The number of benzene rings is 8. The quantitative estimate of drug-likeness (QED) is 0.195. The smallest absolute Gasteiger partial charge is 0.0619 e. The fraction of sp³-hybridized carbons (Fsp3) is 0. The van der Waals surface area contributed by atoms with E-state index in [9.17, 15) is 0 Å². The van der Waals surface area contributed by atoms with Crippen LogP contribution in [0.3, 0.4) is 0 Å². The number of aromatic nitrogens is 1. The maximum Gasteiger partial charge on any atom is 0.0619 e. The highest BCUT2D eigenvalue weighted by Crippen LogP contribution is 2.50. The van der Waals surface area contributed by atoms with Gasteiger partial charge in [-0.3, -0.25) is 0 Å². The van der Waals surface area contributed by atoms with E-state index in [0.29, 0.717) is 0 Å². The molecule has 214 valence electrons. The summed E-state index contributed by atoms with van der Waals surface area (Å²) in [4.78, 5) is 2.65. The molecule has 0 spiro atoms. The Morgan fingerprint density at radius 1 is 0.391 bits per heavy atom. The van der Waals surface area contributed by atoms with Gasteiger partial charge in [0, 0.05) is 37.0 Å². The van der Waals surface area contributed by atoms with Gasteiger partial charge in [-0.05, 0) is 80.6 Å². The van der Waals surface area contributed by atoms with Crippen molar-refractivity contribution in [3.05, 3.63) is 164 Å². The van der Waals surface area contributed by atoms with Crippen LogP contribution in [-0.4, -0.2) is 4.57 Å². The number of rotatable bonds is 3. The second-order valence-electron chi connectivity index (χ2n) is 12.1. The van der Waals surface area contributed by atoms with Gasteiger partial charge in [-0.15, -0.1) is 0 Å². The van der Waals surface area contributed by atoms with Crippen LogP contribution in [0.15, 0.2) is 174 Å². The normalized spacial score (nSPS) is 12.3. The Bertz CT molecular complexity index is 2660. The van der Waals surface area contributed by atoms with E-state index >= 15 is 0 Å². The van der Waals surface area contributed by atoms with E-state index in [1.807, 2.05) is 11.8 Å². The third kappa shape index (κ3) is 3.71. The first kappa shape index (κ1) is 25.7. The van der Waals surface area contributed by atoms with E-state index in [1.54, 1.807) is 0 Å². The Balaban J connectivity index is 1.18. The zero-order chi connectivity index (χ0) is 30.2. The van der Waals surface area contributed by atoms with Crippen molar-refractivity contribution in [3.63, 3.8) is 0 Å². The van der Waals surface area contributed by atoms with Crippen LogP contribution in [0.5, 0.6) is 0 Å². The molecule has 0 N–H and O–H groups in total. The number of hydrogen-bond acceptors (Lipinski definition) is 1. The van der Waals surface area contributed by atoms with Crippen molar-refractivity contribution in [1.82, 2.24) is 4.57 Å². The number of hydrogen-bond donors (Lipinski definition) is 0. The van der Waals surface area contributed by atoms with Gasteiger partial charge in [-0.1, -0.05) is 139 Å². The molecule has 0 amide bonds. The fourth-order valence-corrected chi connectivity index (χ4v) is 8.72. The molecule has 2 heteroatoms. The fourth-order valence-electron chi connectivity index (χ4n) is 7.59. The molecule has 0 aliphatic carbocycles. The number of nitrogens with zero attached hydrogens (tertiary/aromatic N) is 1. The number of fused-ring (bicyclic) bond motifs is 7. The van der Waals surface area contributed by atoms with Crippen LogP contribution >= 0.6 is 11.8 Å². The monoisotopic (exact) mass is 601 g/mol. The summed E-state index contributed by atoms with van der Waals surface area (Å²) < 4.78 is 2.42. The van der Waals surface area contributed by atoms with Crippen LogP contribution in [0.4, 0.5) is 0 Å². The molecule has 0 bridgehead atoms. The standard InChI is InChI=1S/C44H27NS/c1-2-11-30(12-3-1)45-40-19-8-6-15-35(40)39-24-22-29-27-28(21-23-32(29)44(39)45)31-13-4-5-14-33(31)34-25-26-42-43-37(34)17-10-18-38(43)36-16-7-9-20-41(36)46-42/h1-27H. The highest BCUT2D eigenvalue weighted by Gasteiger charge is 2.21. The van der Waals surface area contributed by atoms with E-state index in [1.165, 1.54) is 92.2 Å². The predicted octanol–water partition coefficient (Wildman–Crippen LogP) is 12.6. The van der Waals surface area contributed by atoms with Gasteiger partial charge in [0.2, 0.25) is 0 Å². The molecular formula is C44H27NS. The van der Waals surface area contributed by atoms with E-state index in [-0.39, 0.29) is 0 Å². The Labute approximate surface area is 271 Å². The summed E-state index contributed by atoms with van der Waals surface area (Å²) in [5.41, 5.74) is 11.3. The Kier molecular flexibility index (Phi) is 5.58. The molecule has 0 saturated carbocycles. The van der Waals surface area contributed by atoms with Crippen molar-refractivity contribution in [1.29, 1.82) is 0 Å². The van der Waals surface area contributed by atoms with Gasteiger partial charge >= 0.3 is 0 Å². The second kappa shape index (κ2) is 9.97. The molecule has 0 radical (unpaired) electrons. The Morgan fingerprint density at radius 2 is 1.11 bits per heavy atom. The van der Waals surface area contributed by atoms with Crippen LogP contribution in [0.1, 0.15) is 0 Å². The van der Waals surface area contributed by atoms with Crippen LogP contribution in [0.2, 0.25) is 0 Å². The number of para-hydroxylation sites is 2. The first-order chi connectivity index (χ1) is 22.8. The summed E-state index contributed by atoms with van der Waals surface area (Å²) in [6.45, 7) is 0. The van der Waals surface area contributed by atoms with Crippen molar-refractivity contribution >= 4 is 55.1 Å². The molecule has 9 aromatic rings. The Hall–Kier alpha value is -5.57. The van der Waals surface area contributed by atoms with Crippen LogP contribution < -0.4 is 0 Å². The largest absolute Gasteiger partial charge is 0.309 e. The first-order valence-electron chi connectivity index (χ1n) is 15.8. The molecule has 10 rings (SSSR count). The third-order valence-electron chi connectivity index (χ3n) is 9.59. The molecule has 8 aromatic carbocycles. The third-order valence-corrected chi connectivity index (χ3v) is 10.7. The van der Waals surface area contributed by atoms with E-state index in [4.69, 9.17) is 0 Å². The zero-order valence-corrected chi connectivity index (χ0v) is 25.8. The van der Waals surface area contributed by atoms with Gasteiger partial charge in [-0.25, -0.2) is 0 Å². The van der Waals surface area contributed by atoms with Crippen molar-refractivity contribution in [2.75, 3.05) is 0 Å². The lowest BCUT2D eigenvalue weighted by molar-refractivity contribution is 1.19. The van der Waals surface area contributed by atoms with Gasteiger partial charge in [0.1, 0.15) is 0 Å². The van der Waals surface area contributed by atoms with Gasteiger partial charge < -0.3 is 4.57 Å². The van der Waals surface area contributed by atoms with Gasteiger partial charge in [0.15, 0.2) is 0 Å². The molecular weight excluding hydrogens is 575 g/mol. The summed E-state index contributed by atoms with van der Waals surface area (Å²) in [5, 5.41) is 7.72. The van der Waals surface area contributed by atoms with E-state index in [0.717, 1.165) is 0 Å². The zero-order valence-electron chi connectivity index (χ0n) is 24.9. The van der Waals surface area contributed by atoms with Crippen molar-refractivity contribution in [2.45, 2.75) is 9.79 Å². The lowest BCUT2D eigenvalue weighted by atomic mass is 9.88. The van der Waals surface area contributed by atoms with Gasteiger partial charge in [0.05, 0.1) is 11.0 Å². The lowest BCUT2D eigenvalue weighted by Crippen LogP contribution is -1.95. The molecule has 2 heterocycles. The van der Waals surface area contributed by atoms with Crippen LogP contribution in [-0.2, 0) is 0 Å². The minimum absolute atomic E-state index is 1.18.